The largest absolute Gasteiger partial charge is 0.462 e. The monoisotopic (exact) mass is 289 g/mol. The summed E-state index contributed by atoms with van der Waals surface area (Å²) in [5, 5.41) is 0. The fraction of sp³-hybridized carbons (Fsp3) is 0.500. The molecule has 1 aromatic heterocycles. The molecule has 114 valence electrons. The minimum absolute atomic E-state index is 0.294. The first kappa shape index (κ1) is 15.5. The van der Waals surface area contributed by atoms with Crippen molar-refractivity contribution in [2.45, 2.75) is 27.3 Å². The highest BCUT2D eigenvalue weighted by atomic mass is 16.5. The van der Waals surface area contributed by atoms with Crippen molar-refractivity contribution < 1.29 is 9.53 Å². The van der Waals surface area contributed by atoms with Crippen LogP contribution in [0.3, 0.4) is 0 Å². The highest BCUT2D eigenvalue weighted by Gasteiger charge is 2.10. The van der Waals surface area contributed by atoms with E-state index in [1.807, 2.05) is 12.4 Å². The van der Waals surface area contributed by atoms with E-state index in [4.69, 9.17) is 4.74 Å². The maximum Gasteiger partial charge on any atom is 0.338 e. The van der Waals surface area contributed by atoms with E-state index in [1.54, 1.807) is 19.1 Å². The van der Waals surface area contributed by atoms with E-state index in [-0.39, 0.29) is 5.97 Å². The molecule has 1 aromatic carbocycles. The van der Waals surface area contributed by atoms with Crippen molar-refractivity contribution in [2.24, 2.45) is 0 Å². The molecule has 0 radical (unpaired) electrons. The van der Waals surface area contributed by atoms with Gasteiger partial charge in [0.25, 0.3) is 0 Å². The van der Waals surface area contributed by atoms with E-state index in [0.29, 0.717) is 12.2 Å². The van der Waals surface area contributed by atoms with Crippen molar-refractivity contribution in [1.29, 1.82) is 0 Å². The molecule has 0 spiro atoms. The minimum Gasteiger partial charge on any atom is -0.462 e. The molecule has 0 aliphatic carbocycles. The molecule has 0 aliphatic heterocycles. The predicted molar refractivity (Wildman–Crippen MR) is 83.5 cm³/mol. The van der Waals surface area contributed by atoms with E-state index >= 15 is 0 Å². The summed E-state index contributed by atoms with van der Waals surface area (Å²) >= 11 is 0. The lowest BCUT2D eigenvalue weighted by atomic mass is 10.2. The molecule has 21 heavy (non-hydrogen) atoms. The number of ether oxygens (including phenoxy) is 1. The number of benzene rings is 1. The molecule has 0 saturated heterocycles. The van der Waals surface area contributed by atoms with Crippen LogP contribution in [0.25, 0.3) is 11.0 Å². The third-order valence-electron chi connectivity index (χ3n) is 3.68. The second kappa shape index (κ2) is 7.22. The van der Waals surface area contributed by atoms with Crippen LogP contribution in [0.4, 0.5) is 0 Å². The number of carbonyl (C=O) groups is 1. The van der Waals surface area contributed by atoms with E-state index in [0.717, 1.165) is 37.2 Å². The molecule has 0 N–H and O–H groups in total. The van der Waals surface area contributed by atoms with Gasteiger partial charge < -0.3 is 14.2 Å². The second-order valence-corrected chi connectivity index (χ2v) is 4.89. The normalized spacial score (nSPS) is 11.2. The summed E-state index contributed by atoms with van der Waals surface area (Å²) < 4.78 is 7.14. The minimum atomic E-state index is -0.294. The van der Waals surface area contributed by atoms with E-state index in [2.05, 4.69) is 28.3 Å². The van der Waals surface area contributed by atoms with Gasteiger partial charge in [-0.3, -0.25) is 0 Å². The Morgan fingerprint density at radius 2 is 2.05 bits per heavy atom. The molecule has 1 heterocycles. The number of aromatic nitrogens is 2. The average Bonchev–Trinajstić information content (AvgIpc) is 2.91. The third-order valence-corrected chi connectivity index (χ3v) is 3.68. The zero-order valence-corrected chi connectivity index (χ0v) is 13.0. The van der Waals surface area contributed by atoms with Crippen LogP contribution in [-0.2, 0) is 11.3 Å². The summed E-state index contributed by atoms with van der Waals surface area (Å²) in [6.45, 7) is 10.5. The summed E-state index contributed by atoms with van der Waals surface area (Å²) in [5.41, 5.74) is 2.44. The summed E-state index contributed by atoms with van der Waals surface area (Å²) in [4.78, 5) is 18.5. The molecular formula is C16H23N3O2. The molecule has 0 amide bonds. The summed E-state index contributed by atoms with van der Waals surface area (Å²) in [5.74, 6) is -0.294. The van der Waals surface area contributed by atoms with Crippen molar-refractivity contribution in [2.75, 3.05) is 26.2 Å². The van der Waals surface area contributed by atoms with Crippen molar-refractivity contribution in [1.82, 2.24) is 14.5 Å². The number of carbonyl (C=O) groups excluding carboxylic acids is 1. The van der Waals surface area contributed by atoms with Crippen molar-refractivity contribution in [3.63, 3.8) is 0 Å². The SMILES string of the molecule is CCOC(=O)c1ccc2c(c1)ncn2CCN(CC)CC. The van der Waals surface area contributed by atoms with Crippen molar-refractivity contribution in [3.8, 4) is 0 Å². The Kier molecular flexibility index (Phi) is 5.33. The first-order valence-electron chi connectivity index (χ1n) is 7.53. The second-order valence-electron chi connectivity index (χ2n) is 4.89. The van der Waals surface area contributed by atoms with Gasteiger partial charge in [-0.1, -0.05) is 13.8 Å². The first-order chi connectivity index (χ1) is 10.2. The zero-order chi connectivity index (χ0) is 15.2. The van der Waals surface area contributed by atoms with Gasteiger partial charge in [0.2, 0.25) is 0 Å². The van der Waals surface area contributed by atoms with E-state index in [9.17, 15) is 4.79 Å². The highest BCUT2D eigenvalue weighted by Crippen LogP contribution is 2.16. The topological polar surface area (TPSA) is 47.4 Å². The van der Waals surface area contributed by atoms with E-state index < -0.39 is 0 Å². The Bertz CT molecular complexity index is 603. The fourth-order valence-electron chi connectivity index (χ4n) is 2.37. The van der Waals surface area contributed by atoms with Crippen LogP contribution in [0, 0.1) is 0 Å². The lowest BCUT2D eigenvalue weighted by molar-refractivity contribution is 0.0526. The van der Waals surface area contributed by atoms with Crippen LogP contribution < -0.4 is 0 Å². The van der Waals surface area contributed by atoms with Crippen molar-refractivity contribution >= 4 is 17.0 Å². The number of rotatable bonds is 7. The summed E-state index contributed by atoms with van der Waals surface area (Å²) in [6, 6.07) is 5.54. The van der Waals surface area contributed by atoms with Gasteiger partial charge in [0, 0.05) is 13.1 Å². The Morgan fingerprint density at radius 1 is 1.29 bits per heavy atom. The smallest absolute Gasteiger partial charge is 0.338 e. The molecule has 0 bridgehead atoms. The van der Waals surface area contributed by atoms with Crippen LogP contribution >= 0.6 is 0 Å². The number of hydrogen-bond acceptors (Lipinski definition) is 4. The number of imidazole rings is 1. The van der Waals surface area contributed by atoms with E-state index in [1.165, 1.54) is 0 Å². The maximum absolute atomic E-state index is 11.7. The Balaban J connectivity index is 2.15. The molecule has 0 atom stereocenters. The molecule has 2 aromatic rings. The number of nitrogens with zero attached hydrogens (tertiary/aromatic N) is 3. The molecule has 0 saturated carbocycles. The highest BCUT2D eigenvalue weighted by molar-refractivity contribution is 5.93. The van der Waals surface area contributed by atoms with Gasteiger partial charge in [-0.05, 0) is 38.2 Å². The number of hydrogen-bond donors (Lipinski definition) is 0. The average molecular weight is 289 g/mol. The molecular weight excluding hydrogens is 266 g/mol. The Morgan fingerprint density at radius 3 is 2.71 bits per heavy atom. The fourth-order valence-corrected chi connectivity index (χ4v) is 2.37. The standard InChI is InChI=1S/C16H23N3O2/c1-4-18(5-2)9-10-19-12-17-14-11-13(7-8-15(14)19)16(20)21-6-3/h7-8,11-12H,4-6,9-10H2,1-3H3. The molecule has 0 aliphatic rings. The third kappa shape index (κ3) is 3.61. The van der Waals surface area contributed by atoms with Crippen LogP contribution in [0.15, 0.2) is 24.5 Å². The zero-order valence-electron chi connectivity index (χ0n) is 13.0. The van der Waals surface area contributed by atoms with Gasteiger partial charge in [-0.15, -0.1) is 0 Å². The quantitative estimate of drug-likeness (QED) is 0.735. The molecule has 0 fully saturated rings. The van der Waals surface area contributed by atoms with Gasteiger partial charge in [-0.25, -0.2) is 9.78 Å². The van der Waals surface area contributed by atoms with Crippen LogP contribution in [0.1, 0.15) is 31.1 Å². The Hall–Kier alpha value is -1.88. The lowest BCUT2D eigenvalue weighted by Crippen LogP contribution is -2.26. The van der Waals surface area contributed by atoms with Gasteiger partial charge in [0.1, 0.15) is 0 Å². The molecule has 5 heteroatoms. The summed E-state index contributed by atoms with van der Waals surface area (Å²) in [6.07, 6.45) is 1.84. The maximum atomic E-state index is 11.7. The van der Waals surface area contributed by atoms with Gasteiger partial charge in [-0.2, -0.15) is 0 Å². The predicted octanol–water partition coefficient (Wildman–Crippen LogP) is 2.55. The number of likely N-dealkylation sites (N-methyl/N-ethyl adjacent to an activating group) is 1. The molecule has 0 unspecified atom stereocenters. The van der Waals surface area contributed by atoms with Crippen LogP contribution in [0.5, 0.6) is 0 Å². The first-order valence-corrected chi connectivity index (χ1v) is 7.53. The van der Waals surface area contributed by atoms with Gasteiger partial charge in [0.15, 0.2) is 0 Å². The summed E-state index contributed by atoms with van der Waals surface area (Å²) in [7, 11) is 0. The number of fused-ring (bicyclic) bond motifs is 1. The lowest BCUT2D eigenvalue weighted by Gasteiger charge is -2.18. The van der Waals surface area contributed by atoms with Crippen molar-refractivity contribution in [3.05, 3.63) is 30.1 Å². The van der Waals surface area contributed by atoms with Gasteiger partial charge in [0.05, 0.1) is 29.5 Å². The molecule has 5 nitrogen and oxygen atoms in total. The Labute approximate surface area is 125 Å². The van der Waals surface area contributed by atoms with Crippen LogP contribution in [-0.4, -0.2) is 46.7 Å². The number of esters is 1. The van der Waals surface area contributed by atoms with Crippen LogP contribution in [0.2, 0.25) is 0 Å². The van der Waals surface area contributed by atoms with Gasteiger partial charge >= 0.3 is 5.97 Å². The molecule has 2 rings (SSSR count).